The molecule has 3 aromatic rings. The van der Waals surface area contributed by atoms with E-state index in [9.17, 15) is 0 Å². The molecule has 0 saturated carbocycles. The Kier molecular flexibility index (Phi) is 3.80. The van der Waals surface area contributed by atoms with Crippen LogP contribution in [-0.4, -0.2) is 11.6 Å². The molecule has 0 spiro atoms. The lowest BCUT2D eigenvalue weighted by Crippen LogP contribution is -2.04. The quantitative estimate of drug-likeness (QED) is 0.762. The summed E-state index contributed by atoms with van der Waals surface area (Å²) in [5.41, 5.74) is 6.66. The Labute approximate surface area is 126 Å². The number of nitrogens with zero attached hydrogens (tertiary/aromatic N) is 1. The summed E-state index contributed by atoms with van der Waals surface area (Å²) < 4.78 is 2.33. The highest BCUT2D eigenvalue weighted by molar-refractivity contribution is 5.81. The number of aryl methyl sites for hydroxylation is 2. The van der Waals surface area contributed by atoms with Crippen LogP contribution in [0.2, 0.25) is 0 Å². The van der Waals surface area contributed by atoms with Crippen molar-refractivity contribution in [3.63, 3.8) is 0 Å². The third-order valence-corrected chi connectivity index (χ3v) is 3.85. The van der Waals surface area contributed by atoms with Crippen LogP contribution in [0.15, 0.2) is 48.7 Å². The van der Waals surface area contributed by atoms with Crippen molar-refractivity contribution >= 4 is 10.9 Å². The first-order valence-electron chi connectivity index (χ1n) is 7.45. The van der Waals surface area contributed by atoms with Gasteiger partial charge in [0.15, 0.2) is 0 Å². The first kappa shape index (κ1) is 13.9. The van der Waals surface area contributed by atoms with Crippen LogP contribution < -0.4 is 5.32 Å². The molecule has 1 N–H and O–H groups in total. The topological polar surface area (TPSA) is 17.0 Å². The third-order valence-electron chi connectivity index (χ3n) is 3.85. The van der Waals surface area contributed by atoms with Crippen LogP contribution >= 0.6 is 0 Å². The second-order valence-corrected chi connectivity index (χ2v) is 5.86. The minimum atomic E-state index is 0.915. The molecule has 0 aliphatic heterocycles. The Balaban J connectivity index is 1.93. The van der Waals surface area contributed by atoms with Gasteiger partial charge in [0.05, 0.1) is 0 Å². The largest absolute Gasteiger partial charge is 0.343 e. The van der Waals surface area contributed by atoms with Crippen LogP contribution in [0.4, 0.5) is 0 Å². The van der Waals surface area contributed by atoms with Gasteiger partial charge in [0.25, 0.3) is 0 Å². The maximum Gasteiger partial charge on any atom is 0.0483 e. The number of fused-ring (bicyclic) bond motifs is 1. The standard InChI is InChI=1S/C19H22N2/c1-14-8-15(2)10-17(9-14)13-21-7-6-18-11-16(12-20-3)4-5-19(18)21/h4-11,20H,12-13H2,1-3H3. The molecule has 0 atom stereocenters. The zero-order valence-electron chi connectivity index (χ0n) is 13.0. The second-order valence-electron chi connectivity index (χ2n) is 5.86. The summed E-state index contributed by atoms with van der Waals surface area (Å²) in [5.74, 6) is 0. The van der Waals surface area contributed by atoms with Gasteiger partial charge in [0, 0.05) is 24.8 Å². The highest BCUT2D eigenvalue weighted by Gasteiger charge is 2.04. The Morgan fingerprint density at radius 3 is 2.38 bits per heavy atom. The summed E-state index contributed by atoms with van der Waals surface area (Å²) in [6.45, 7) is 6.16. The van der Waals surface area contributed by atoms with E-state index < -0.39 is 0 Å². The van der Waals surface area contributed by atoms with E-state index in [-0.39, 0.29) is 0 Å². The van der Waals surface area contributed by atoms with E-state index in [0.717, 1.165) is 13.1 Å². The Morgan fingerprint density at radius 2 is 1.67 bits per heavy atom. The van der Waals surface area contributed by atoms with E-state index in [4.69, 9.17) is 0 Å². The maximum absolute atomic E-state index is 3.20. The average molecular weight is 278 g/mol. The van der Waals surface area contributed by atoms with E-state index in [1.807, 2.05) is 7.05 Å². The molecule has 2 nitrogen and oxygen atoms in total. The highest BCUT2D eigenvalue weighted by Crippen LogP contribution is 2.20. The van der Waals surface area contributed by atoms with Crippen LogP contribution in [-0.2, 0) is 13.1 Å². The summed E-state index contributed by atoms with van der Waals surface area (Å²) in [4.78, 5) is 0. The van der Waals surface area contributed by atoms with Crippen molar-refractivity contribution < 1.29 is 0 Å². The summed E-state index contributed by atoms with van der Waals surface area (Å²) in [6, 6.07) is 15.7. The van der Waals surface area contributed by atoms with Gasteiger partial charge in [-0.1, -0.05) is 35.4 Å². The fourth-order valence-electron chi connectivity index (χ4n) is 3.06. The second kappa shape index (κ2) is 5.74. The zero-order chi connectivity index (χ0) is 14.8. The van der Waals surface area contributed by atoms with Crippen molar-refractivity contribution in [1.82, 2.24) is 9.88 Å². The fraction of sp³-hybridized carbons (Fsp3) is 0.263. The third kappa shape index (κ3) is 3.01. The minimum absolute atomic E-state index is 0.915. The lowest BCUT2D eigenvalue weighted by Gasteiger charge is -2.09. The van der Waals surface area contributed by atoms with Crippen molar-refractivity contribution in [3.05, 3.63) is 70.9 Å². The predicted octanol–water partition coefficient (Wildman–Crippen LogP) is 4.03. The molecule has 21 heavy (non-hydrogen) atoms. The molecule has 0 radical (unpaired) electrons. The molecule has 2 aromatic carbocycles. The van der Waals surface area contributed by atoms with Crippen molar-refractivity contribution in [1.29, 1.82) is 0 Å². The normalized spacial score (nSPS) is 11.2. The Bertz CT molecular complexity index is 748. The molecule has 3 rings (SSSR count). The van der Waals surface area contributed by atoms with Crippen LogP contribution in [0.1, 0.15) is 22.3 Å². The minimum Gasteiger partial charge on any atom is -0.343 e. The van der Waals surface area contributed by atoms with Gasteiger partial charge in [-0.25, -0.2) is 0 Å². The summed E-state index contributed by atoms with van der Waals surface area (Å²) in [5, 5.41) is 4.51. The van der Waals surface area contributed by atoms with E-state index >= 15 is 0 Å². The van der Waals surface area contributed by atoms with E-state index in [2.05, 4.69) is 72.4 Å². The highest BCUT2D eigenvalue weighted by atomic mass is 14.9. The molecule has 1 aromatic heterocycles. The molecule has 1 heterocycles. The lowest BCUT2D eigenvalue weighted by molar-refractivity contribution is 0.817. The number of aromatic nitrogens is 1. The molecule has 2 heteroatoms. The molecule has 108 valence electrons. The van der Waals surface area contributed by atoms with Crippen LogP contribution in [0.3, 0.4) is 0 Å². The zero-order valence-corrected chi connectivity index (χ0v) is 13.0. The number of hydrogen-bond donors (Lipinski definition) is 1. The van der Waals surface area contributed by atoms with E-state index in [1.165, 1.54) is 33.2 Å². The van der Waals surface area contributed by atoms with Gasteiger partial charge in [0.1, 0.15) is 0 Å². The van der Waals surface area contributed by atoms with E-state index in [1.54, 1.807) is 0 Å². The number of nitrogens with one attached hydrogen (secondary N) is 1. The van der Waals surface area contributed by atoms with Crippen LogP contribution in [0.5, 0.6) is 0 Å². The summed E-state index contributed by atoms with van der Waals surface area (Å²) in [7, 11) is 1.98. The van der Waals surface area contributed by atoms with Crippen molar-refractivity contribution in [3.8, 4) is 0 Å². The number of benzene rings is 2. The van der Waals surface area contributed by atoms with Crippen molar-refractivity contribution in [2.24, 2.45) is 0 Å². The summed E-state index contributed by atoms with van der Waals surface area (Å²) >= 11 is 0. The van der Waals surface area contributed by atoms with Gasteiger partial charge >= 0.3 is 0 Å². The molecule has 0 aliphatic rings. The Hall–Kier alpha value is -2.06. The fourth-order valence-corrected chi connectivity index (χ4v) is 3.06. The molecule has 0 bridgehead atoms. The Morgan fingerprint density at radius 1 is 0.905 bits per heavy atom. The van der Waals surface area contributed by atoms with E-state index in [0.29, 0.717) is 0 Å². The maximum atomic E-state index is 3.20. The number of rotatable bonds is 4. The van der Waals surface area contributed by atoms with Gasteiger partial charge < -0.3 is 9.88 Å². The van der Waals surface area contributed by atoms with Crippen LogP contribution in [0, 0.1) is 13.8 Å². The first-order chi connectivity index (χ1) is 10.2. The molecule has 0 aliphatic carbocycles. The SMILES string of the molecule is CNCc1ccc2c(ccn2Cc2cc(C)cc(C)c2)c1. The molecular formula is C19H22N2. The average Bonchev–Trinajstić information content (AvgIpc) is 2.80. The van der Waals surface area contributed by atoms with Gasteiger partial charge in [-0.3, -0.25) is 0 Å². The van der Waals surface area contributed by atoms with Gasteiger partial charge in [0.2, 0.25) is 0 Å². The van der Waals surface area contributed by atoms with Crippen molar-refractivity contribution in [2.75, 3.05) is 7.05 Å². The molecular weight excluding hydrogens is 256 g/mol. The lowest BCUT2D eigenvalue weighted by atomic mass is 10.1. The predicted molar refractivity (Wildman–Crippen MR) is 89.7 cm³/mol. The summed E-state index contributed by atoms with van der Waals surface area (Å²) in [6.07, 6.45) is 2.19. The molecule has 0 saturated heterocycles. The smallest absolute Gasteiger partial charge is 0.0483 e. The van der Waals surface area contributed by atoms with Crippen molar-refractivity contribution in [2.45, 2.75) is 26.9 Å². The van der Waals surface area contributed by atoms with Crippen LogP contribution in [0.25, 0.3) is 10.9 Å². The first-order valence-corrected chi connectivity index (χ1v) is 7.45. The molecule has 0 fully saturated rings. The molecule has 0 unspecified atom stereocenters. The monoisotopic (exact) mass is 278 g/mol. The van der Waals surface area contributed by atoms with Gasteiger partial charge in [-0.2, -0.15) is 0 Å². The number of hydrogen-bond acceptors (Lipinski definition) is 1. The van der Waals surface area contributed by atoms with Gasteiger partial charge in [-0.05, 0) is 55.6 Å². The molecule has 0 amide bonds. The van der Waals surface area contributed by atoms with Gasteiger partial charge in [-0.15, -0.1) is 0 Å².